The van der Waals surface area contributed by atoms with Crippen molar-refractivity contribution in [2.24, 2.45) is 0 Å². The second-order valence-electron chi connectivity index (χ2n) is 6.73. The van der Waals surface area contributed by atoms with Crippen molar-refractivity contribution in [1.82, 2.24) is 5.32 Å². The third-order valence-electron chi connectivity index (χ3n) is 4.72. The molecule has 0 atom stereocenters. The van der Waals surface area contributed by atoms with Gasteiger partial charge in [0.25, 0.3) is 0 Å². The molecule has 1 saturated heterocycles. The van der Waals surface area contributed by atoms with Crippen molar-refractivity contribution in [2.45, 2.75) is 0 Å². The number of allylic oxidation sites excluding steroid dienone is 4. The van der Waals surface area contributed by atoms with Crippen LogP contribution in [0.3, 0.4) is 0 Å². The van der Waals surface area contributed by atoms with E-state index in [4.69, 9.17) is 4.74 Å². The zero-order valence-electron chi connectivity index (χ0n) is 15.4. The van der Waals surface area contributed by atoms with Gasteiger partial charge in [0.05, 0.1) is 13.1 Å². The molecule has 2 heterocycles. The minimum Gasteiger partial charge on any atom is -0.456 e. The predicted molar refractivity (Wildman–Crippen MR) is 107 cm³/mol. The number of piperazine rings is 1. The summed E-state index contributed by atoms with van der Waals surface area (Å²) >= 11 is 0. The van der Waals surface area contributed by atoms with Crippen LogP contribution >= 0.6 is 0 Å². The zero-order valence-corrected chi connectivity index (χ0v) is 15.4. The number of nitrogens with one attached hydrogen (secondary N) is 1. The van der Waals surface area contributed by atoms with E-state index in [1.807, 2.05) is 24.4 Å². The Labute approximate surface area is 163 Å². The molecule has 0 spiro atoms. The summed E-state index contributed by atoms with van der Waals surface area (Å²) in [6.07, 6.45) is 7.79. The van der Waals surface area contributed by atoms with Crippen LogP contribution in [0.25, 0.3) is 11.3 Å². The van der Waals surface area contributed by atoms with E-state index in [0.717, 1.165) is 42.9 Å². The maximum absolute atomic E-state index is 13.3. The molecule has 142 valence electrons. The Balaban J connectivity index is 1.70. The summed E-state index contributed by atoms with van der Waals surface area (Å²) in [4.78, 5) is 0. The Morgan fingerprint density at radius 3 is 2.07 bits per heavy atom. The Kier molecular flexibility index (Phi) is 5.44. The van der Waals surface area contributed by atoms with Crippen molar-refractivity contribution < 1.29 is 18.1 Å². The lowest BCUT2D eigenvalue weighted by Gasteiger charge is -2.18. The van der Waals surface area contributed by atoms with E-state index in [1.54, 1.807) is 24.3 Å². The van der Waals surface area contributed by atoms with Crippen LogP contribution < -0.4 is 5.32 Å². The molecule has 3 nitrogen and oxygen atoms in total. The third-order valence-corrected chi connectivity index (χ3v) is 4.72. The summed E-state index contributed by atoms with van der Waals surface area (Å²) in [6, 6.07) is 12.5. The summed E-state index contributed by atoms with van der Waals surface area (Å²) in [5, 5.41) is 3.32. The number of nitrogens with zero attached hydrogens (tertiary/aromatic N) is 1. The molecule has 1 fully saturated rings. The van der Waals surface area contributed by atoms with Gasteiger partial charge in [-0.3, -0.25) is 0 Å². The summed E-state index contributed by atoms with van der Waals surface area (Å²) < 4.78 is 34.9. The lowest BCUT2D eigenvalue weighted by Crippen LogP contribution is -2.38. The summed E-state index contributed by atoms with van der Waals surface area (Å²) in [5.41, 5.74) is 2.57. The van der Waals surface area contributed by atoms with Crippen LogP contribution in [0.2, 0.25) is 0 Å². The van der Waals surface area contributed by atoms with Crippen molar-refractivity contribution >= 4 is 17.5 Å². The summed E-state index contributed by atoms with van der Waals surface area (Å²) in [5.74, 6) is 0.737. The first-order chi connectivity index (χ1) is 13.7. The van der Waals surface area contributed by atoms with Gasteiger partial charge < -0.3 is 10.1 Å². The van der Waals surface area contributed by atoms with Crippen LogP contribution in [0, 0.1) is 11.6 Å². The largest absolute Gasteiger partial charge is 0.456 e. The van der Waals surface area contributed by atoms with Gasteiger partial charge in [-0.1, -0.05) is 12.1 Å². The molecule has 2 aliphatic rings. The van der Waals surface area contributed by atoms with E-state index in [9.17, 15) is 8.78 Å². The van der Waals surface area contributed by atoms with E-state index in [2.05, 4.69) is 9.89 Å². The molecular weight excluding hydrogens is 358 g/mol. The van der Waals surface area contributed by atoms with Crippen molar-refractivity contribution in [3.05, 3.63) is 95.3 Å². The van der Waals surface area contributed by atoms with Crippen molar-refractivity contribution in [3.8, 4) is 0 Å². The maximum atomic E-state index is 13.3. The highest BCUT2D eigenvalue weighted by Gasteiger charge is 2.15. The van der Waals surface area contributed by atoms with E-state index < -0.39 is 0 Å². The van der Waals surface area contributed by atoms with Gasteiger partial charge >= 0.3 is 0 Å². The van der Waals surface area contributed by atoms with Crippen LogP contribution in [0.5, 0.6) is 0 Å². The SMILES string of the molecule is Fc1ccc(C2=C/C(=C\C=[N+]3CCNCC3)OC(c3ccc(F)cc3)=C2)cc1. The molecule has 0 aliphatic carbocycles. The normalized spacial score (nSPS) is 18.4. The van der Waals surface area contributed by atoms with Crippen LogP contribution in [0.4, 0.5) is 8.78 Å². The molecule has 0 radical (unpaired) electrons. The molecule has 1 N–H and O–H groups in total. The summed E-state index contributed by atoms with van der Waals surface area (Å²) in [7, 11) is 0. The standard InChI is InChI=1S/C23H21F2N2O/c24-20-5-1-17(2-6-20)19-15-22(9-12-27-13-10-26-11-14-27)28-23(16-19)18-3-7-21(25)8-4-18/h1-9,12,15-16,26H,10-11,13-14H2/q+1/b22-9+. The lowest BCUT2D eigenvalue weighted by molar-refractivity contribution is -0.527. The number of rotatable bonds is 3. The molecule has 2 aromatic carbocycles. The van der Waals surface area contributed by atoms with Crippen LogP contribution in [0.15, 0.2) is 72.5 Å². The fourth-order valence-corrected chi connectivity index (χ4v) is 3.18. The number of ether oxygens (including phenoxy) is 1. The Morgan fingerprint density at radius 2 is 1.43 bits per heavy atom. The minimum absolute atomic E-state index is 0.276. The van der Waals surface area contributed by atoms with E-state index in [0.29, 0.717) is 11.5 Å². The third kappa shape index (κ3) is 4.43. The Bertz CT molecular complexity index is 963. The molecule has 2 aromatic rings. The van der Waals surface area contributed by atoms with Crippen molar-refractivity contribution in [2.75, 3.05) is 26.2 Å². The average Bonchev–Trinajstić information content (AvgIpc) is 2.74. The molecule has 0 aromatic heterocycles. The van der Waals surface area contributed by atoms with E-state index >= 15 is 0 Å². The molecule has 0 bridgehead atoms. The smallest absolute Gasteiger partial charge is 0.167 e. The molecule has 2 aliphatic heterocycles. The molecule has 4 rings (SSSR count). The van der Waals surface area contributed by atoms with E-state index in [1.165, 1.54) is 24.3 Å². The first kappa shape index (κ1) is 18.3. The number of halogens is 2. The lowest BCUT2D eigenvalue weighted by atomic mass is 10.0. The van der Waals surface area contributed by atoms with Gasteiger partial charge in [0.2, 0.25) is 0 Å². The van der Waals surface area contributed by atoms with Gasteiger partial charge in [-0.05, 0) is 59.7 Å². The molecule has 0 unspecified atom stereocenters. The Hall–Kier alpha value is -3.05. The van der Waals surface area contributed by atoms with Crippen molar-refractivity contribution in [1.29, 1.82) is 0 Å². The first-order valence-electron chi connectivity index (χ1n) is 9.30. The number of benzene rings is 2. The first-order valence-corrected chi connectivity index (χ1v) is 9.30. The Morgan fingerprint density at radius 1 is 0.821 bits per heavy atom. The topological polar surface area (TPSA) is 24.3 Å². The summed E-state index contributed by atoms with van der Waals surface area (Å²) in [6.45, 7) is 3.80. The maximum Gasteiger partial charge on any atom is 0.167 e. The average molecular weight is 379 g/mol. The van der Waals surface area contributed by atoms with Crippen molar-refractivity contribution in [3.63, 3.8) is 0 Å². The van der Waals surface area contributed by atoms with Gasteiger partial charge in [0.1, 0.15) is 23.2 Å². The van der Waals surface area contributed by atoms with E-state index in [-0.39, 0.29) is 11.6 Å². The van der Waals surface area contributed by atoms with Crippen LogP contribution in [-0.4, -0.2) is 37.0 Å². The highest BCUT2D eigenvalue weighted by molar-refractivity contribution is 5.86. The quantitative estimate of drug-likeness (QED) is 0.816. The number of hydrogen-bond donors (Lipinski definition) is 1. The molecule has 0 saturated carbocycles. The second-order valence-corrected chi connectivity index (χ2v) is 6.73. The zero-order chi connectivity index (χ0) is 19.3. The predicted octanol–water partition coefficient (Wildman–Crippen LogP) is 3.99. The molecule has 0 amide bonds. The fraction of sp³-hybridized carbons (Fsp3) is 0.174. The van der Waals surface area contributed by atoms with Gasteiger partial charge in [-0.2, -0.15) is 0 Å². The highest BCUT2D eigenvalue weighted by atomic mass is 19.1. The van der Waals surface area contributed by atoms with Crippen LogP contribution in [-0.2, 0) is 4.74 Å². The molecule has 5 heteroatoms. The molecular formula is C23H21F2N2O+. The van der Waals surface area contributed by atoms with Gasteiger partial charge in [-0.25, -0.2) is 13.4 Å². The van der Waals surface area contributed by atoms with Gasteiger partial charge in [0, 0.05) is 11.6 Å². The second kappa shape index (κ2) is 8.31. The highest BCUT2D eigenvalue weighted by Crippen LogP contribution is 2.31. The monoisotopic (exact) mass is 379 g/mol. The van der Waals surface area contributed by atoms with Gasteiger partial charge in [-0.15, -0.1) is 0 Å². The minimum atomic E-state index is -0.294. The van der Waals surface area contributed by atoms with Crippen LogP contribution in [0.1, 0.15) is 11.1 Å². The molecule has 28 heavy (non-hydrogen) atoms. The fourth-order valence-electron chi connectivity index (χ4n) is 3.18. The number of hydrogen-bond acceptors (Lipinski definition) is 2. The van der Waals surface area contributed by atoms with Gasteiger partial charge in [0.15, 0.2) is 19.3 Å².